The number of hydrogen-bond donors (Lipinski definition) is 2. The van der Waals surface area contributed by atoms with Crippen molar-refractivity contribution < 1.29 is 4.79 Å². The molecule has 3 unspecified atom stereocenters. The van der Waals surface area contributed by atoms with E-state index in [1.54, 1.807) is 0 Å². The number of amides is 1. The Bertz CT molecular complexity index is 314. The van der Waals surface area contributed by atoms with E-state index in [1.165, 1.54) is 51.4 Å². The van der Waals surface area contributed by atoms with Crippen LogP contribution in [0.25, 0.3) is 0 Å². The minimum atomic E-state index is 0.0836. The Morgan fingerprint density at radius 2 is 1.89 bits per heavy atom. The molecule has 3 atom stereocenters. The fraction of sp³-hybridized carbons (Fsp3) is 0.938. The van der Waals surface area contributed by atoms with Crippen molar-refractivity contribution in [2.75, 3.05) is 6.54 Å². The van der Waals surface area contributed by atoms with E-state index in [-0.39, 0.29) is 11.9 Å². The lowest BCUT2D eigenvalue weighted by molar-refractivity contribution is -0.124. The van der Waals surface area contributed by atoms with Crippen LogP contribution in [0.4, 0.5) is 0 Å². The van der Waals surface area contributed by atoms with Crippen LogP contribution in [0.2, 0.25) is 0 Å². The van der Waals surface area contributed by atoms with E-state index in [4.69, 9.17) is 0 Å². The molecule has 108 valence electrons. The van der Waals surface area contributed by atoms with Crippen molar-refractivity contribution in [3.63, 3.8) is 0 Å². The van der Waals surface area contributed by atoms with E-state index in [0.717, 1.165) is 31.2 Å². The van der Waals surface area contributed by atoms with Gasteiger partial charge in [0.2, 0.25) is 5.91 Å². The van der Waals surface area contributed by atoms with Crippen LogP contribution in [-0.2, 0) is 4.79 Å². The minimum Gasteiger partial charge on any atom is -0.355 e. The molecule has 2 saturated carbocycles. The molecule has 0 aromatic rings. The summed E-state index contributed by atoms with van der Waals surface area (Å²) in [6, 6.07) is 0.699. The first-order valence-corrected chi connectivity index (χ1v) is 8.36. The minimum absolute atomic E-state index is 0.0836. The molecule has 3 aliphatic rings. The van der Waals surface area contributed by atoms with Gasteiger partial charge in [-0.25, -0.2) is 0 Å². The van der Waals surface area contributed by atoms with E-state index in [2.05, 4.69) is 10.6 Å². The highest BCUT2D eigenvalue weighted by Crippen LogP contribution is 2.33. The summed E-state index contributed by atoms with van der Waals surface area (Å²) in [5, 5.41) is 6.73. The number of hydrogen-bond acceptors (Lipinski definition) is 2. The molecule has 0 bridgehead atoms. The molecule has 2 aliphatic carbocycles. The zero-order valence-electron chi connectivity index (χ0n) is 12.0. The molecule has 0 radical (unpaired) electrons. The van der Waals surface area contributed by atoms with E-state index < -0.39 is 0 Å². The average Bonchev–Trinajstić information content (AvgIpc) is 3.27. The molecule has 1 aliphatic heterocycles. The SMILES string of the molecule is O=C(NCCCC1CC1)C1CCC2CCCCC2N1. The lowest BCUT2D eigenvalue weighted by Crippen LogP contribution is -2.55. The fourth-order valence-corrected chi connectivity index (χ4v) is 3.83. The van der Waals surface area contributed by atoms with Gasteiger partial charge in [-0.2, -0.15) is 0 Å². The lowest BCUT2D eigenvalue weighted by Gasteiger charge is -2.39. The first-order valence-electron chi connectivity index (χ1n) is 8.36. The number of piperidine rings is 1. The molecule has 1 heterocycles. The smallest absolute Gasteiger partial charge is 0.237 e. The van der Waals surface area contributed by atoms with Crippen molar-refractivity contribution in [2.24, 2.45) is 11.8 Å². The molecule has 3 nitrogen and oxygen atoms in total. The summed E-state index contributed by atoms with van der Waals surface area (Å²) in [4.78, 5) is 12.2. The molecule has 1 saturated heterocycles. The van der Waals surface area contributed by atoms with Crippen LogP contribution in [-0.4, -0.2) is 24.5 Å². The van der Waals surface area contributed by atoms with Gasteiger partial charge in [0.1, 0.15) is 0 Å². The lowest BCUT2D eigenvalue weighted by atomic mass is 9.77. The predicted octanol–water partition coefficient (Wildman–Crippen LogP) is 2.60. The third kappa shape index (κ3) is 3.71. The van der Waals surface area contributed by atoms with Crippen molar-refractivity contribution >= 4 is 5.91 Å². The van der Waals surface area contributed by atoms with Gasteiger partial charge in [-0.1, -0.05) is 25.7 Å². The Hall–Kier alpha value is -0.570. The summed E-state index contributed by atoms with van der Waals surface area (Å²) in [6.07, 6.45) is 13.0. The first kappa shape index (κ1) is 13.4. The van der Waals surface area contributed by atoms with Crippen molar-refractivity contribution in [2.45, 2.75) is 76.3 Å². The summed E-state index contributed by atoms with van der Waals surface area (Å²) in [7, 11) is 0. The van der Waals surface area contributed by atoms with Gasteiger partial charge in [0, 0.05) is 12.6 Å². The maximum Gasteiger partial charge on any atom is 0.237 e. The summed E-state index contributed by atoms with van der Waals surface area (Å²) < 4.78 is 0. The molecular weight excluding hydrogens is 236 g/mol. The Morgan fingerprint density at radius 1 is 1.05 bits per heavy atom. The molecule has 19 heavy (non-hydrogen) atoms. The Kier molecular flexibility index (Phi) is 4.42. The highest BCUT2D eigenvalue weighted by atomic mass is 16.2. The third-order valence-electron chi connectivity index (χ3n) is 5.25. The van der Waals surface area contributed by atoms with Crippen LogP contribution in [0.3, 0.4) is 0 Å². The summed E-state index contributed by atoms with van der Waals surface area (Å²) in [5.74, 6) is 2.07. The maximum atomic E-state index is 12.2. The number of carbonyl (C=O) groups is 1. The standard InChI is InChI=1S/C16H28N2O/c19-16(17-11-3-4-12-7-8-12)15-10-9-13-5-1-2-6-14(13)18-15/h12-15,18H,1-11H2,(H,17,19). The zero-order valence-corrected chi connectivity index (χ0v) is 12.0. The molecule has 1 amide bonds. The van der Waals surface area contributed by atoms with Gasteiger partial charge in [-0.05, 0) is 50.4 Å². The second kappa shape index (κ2) is 6.25. The number of carbonyl (C=O) groups excluding carboxylic acids is 1. The van der Waals surface area contributed by atoms with Crippen LogP contribution in [0, 0.1) is 11.8 Å². The second-order valence-corrected chi connectivity index (χ2v) is 6.82. The number of rotatable bonds is 5. The van der Waals surface area contributed by atoms with Crippen molar-refractivity contribution in [1.29, 1.82) is 0 Å². The zero-order chi connectivity index (χ0) is 13.1. The van der Waals surface area contributed by atoms with Crippen LogP contribution in [0.1, 0.15) is 64.2 Å². The molecule has 0 spiro atoms. The van der Waals surface area contributed by atoms with Gasteiger partial charge in [0.25, 0.3) is 0 Å². The van der Waals surface area contributed by atoms with E-state index >= 15 is 0 Å². The maximum absolute atomic E-state index is 12.2. The van der Waals surface area contributed by atoms with Gasteiger partial charge in [-0.3, -0.25) is 4.79 Å². The van der Waals surface area contributed by atoms with E-state index in [0.29, 0.717) is 6.04 Å². The third-order valence-corrected chi connectivity index (χ3v) is 5.25. The molecule has 0 aromatic carbocycles. The Morgan fingerprint density at radius 3 is 2.74 bits per heavy atom. The number of nitrogens with one attached hydrogen (secondary N) is 2. The topological polar surface area (TPSA) is 41.1 Å². The highest BCUT2D eigenvalue weighted by Gasteiger charge is 2.34. The molecule has 0 aromatic heterocycles. The Labute approximate surface area is 116 Å². The highest BCUT2D eigenvalue weighted by molar-refractivity contribution is 5.81. The summed E-state index contributed by atoms with van der Waals surface area (Å²) in [6.45, 7) is 0.877. The monoisotopic (exact) mass is 264 g/mol. The van der Waals surface area contributed by atoms with Gasteiger partial charge in [0.05, 0.1) is 6.04 Å². The normalized spacial score (nSPS) is 34.6. The molecule has 3 fully saturated rings. The van der Waals surface area contributed by atoms with Crippen molar-refractivity contribution in [3.8, 4) is 0 Å². The van der Waals surface area contributed by atoms with E-state index in [1.807, 2.05) is 0 Å². The molecule has 3 rings (SSSR count). The van der Waals surface area contributed by atoms with Gasteiger partial charge in [-0.15, -0.1) is 0 Å². The quantitative estimate of drug-likeness (QED) is 0.749. The first-order chi connectivity index (χ1) is 9.33. The predicted molar refractivity (Wildman–Crippen MR) is 76.9 cm³/mol. The summed E-state index contributed by atoms with van der Waals surface area (Å²) >= 11 is 0. The van der Waals surface area contributed by atoms with Crippen LogP contribution >= 0.6 is 0 Å². The van der Waals surface area contributed by atoms with Crippen molar-refractivity contribution in [3.05, 3.63) is 0 Å². The van der Waals surface area contributed by atoms with Gasteiger partial charge in [0.15, 0.2) is 0 Å². The number of fused-ring (bicyclic) bond motifs is 1. The van der Waals surface area contributed by atoms with Gasteiger partial charge < -0.3 is 10.6 Å². The van der Waals surface area contributed by atoms with Crippen LogP contribution in [0.5, 0.6) is 0 Å². The molecular formula is C16H28N2O. The fourth-order valence-electron chi connectivity index (χ4n) is 3.83. The second-order valence-electron chi connectivity index (χ2n) is 6.82. The molecule has 3 heteroatoms. The molecule has 2 N–H and O–H groups in total. The average molecular weight is 264 g/mol. The van der Waals surface area contributed by atoms with Crippen molar-refractivity contribution in [1.82, 2.24) is 10.6 Å². The Balaban J connectivity index is 1.37. The largest absolute Gasteiger partial charge is 0.355 e. The van der Waals surface area contributed by atoms with Crippen LogP contribution in [0.15, 0.2) is 0 Å². The van der Waals surface area contributed by atoms with Gasteiger partial charge >= 0.3 is 0 Å². The van der Waals surface area contributed by atoms with Crippen LogP contribution < -0.4 is 10.6 Å². The summed E-state index contributed by atoms with van der Waals surface area (Å²) in [5.41, 5.74) is 0. The van der Waals surface area contributed by atoms with E-state index in [9.17, 15) is 4.79 Å².